The van der Waals surface area contributed by atoms with Crippen LogP contribution >= 0.6 is 23.4 Å². The van der Waals surface area contributed by atoms with Gasteiger partial charge in [0.05, 0.1) is 24.3 Å². The number of hydrogen-bond acceptors (Lipinski definition) is 4. The van der Waals surface area contributed by atoms with Crippen molar-refractivity contribution in [2.45, 2.75) is 25.2 Å². The lowest BCUT2D eigenvalue weighted by atomic mass is 10.1. The monoisotopic (exact) mass is 401 g/mol. The number of benzene rings is 2. The van der Waals surface area contributed by atoms with Gasteiger partial charge in [-0.25, -0.2) is 4.98 Å². The molecule has 1 amide bonds. The van der Waals surface area contributed by atoms with Crippen LogP contribution in [0.5, 0.6) is 0 Å². The van der Waals surface area contributed by atoms with E-state index in [2.05, 4.69) is 34.6 Å². The van der Waals surface area contributed by atoms with Crippen molar-refractivity contribution in [2.24, 2.45) is 0 Å². The molecule has 1 aromatic heterocycles. The van der Waals surface area contributed by atoms with Crippen LogP contribution in [-0.4, -0.2) is 26.3 Å². The lowest BCUT2D eigenvalue weighted by molar-refractivity contribution is -0.113. The molecule has 3 rings (SSSR count). The van der Waals surface area contributed by atoms with Crippen LogP contribution in [0.25, 0.3) is 0 Å². The van der Waals surface area contributed by atoms with Crippen molar-refractivity contribution in [1.29, 1.82) is 0 Å². The third kappa shape index (κ3) is 5.35. The number of halogens is 1. The first-order chi connectivity index (χ1) is 13.0. The molecule has 0 spiro atoms. The third-order valence-corrected chi connectivity index (χ3v) is 5.23. The summed E-state index contributed by atoms with van der Waals surface area (Å²) in [5.41, 5.74) is 3.72. The van der Waals surface area contributed by atoms with Crippen molar-refractivity contribution in [1.82, 2.24) is 9.55 Å². The maximum absolute atomic E-state index is 12.2. The van der Waals surface area contributed by atoms with E-state index in [0.29, 0.717) is 22.4 Å². The Bertz CT molecular complexity index is 908. The van der Waals surface area contributed by atoms with Gasteiger partial charge in [-0.15, -0.1) is 0 Å². The van der Waals surface area contributed by atoms with Gasteiger partial charge in [0.2, 0.25) is 5.91 Å². The molecule has 27 heavy (non-hydrogen) atoms. The van der Waals surface area contributed by atoms with E-state index < -0.39 is 0 Å². The topological polar surface area (TPSA) is 67.1 Å². The van der Waals surface area contributed by atoms with Crippen LogP contribution in [0, 0.1) is 6.92 Å². The minimum atomic E-state index is -0.127. The molecule has 7 heteroatoms. The molecule has 0 atom stereocenters. The third-order valence-electron chi connectivity index (χ3n) is 3.99. The Hall–Kier alpha value is -2.28. The molecular formula is C20H20ClN3O2S. The SMILES string of the molecule is Cc1ccc(Cn2c(CO)cnc2SCC(=O)Nc2ccc(Cl)cc2)cc1. The number of nitrogens with one attached hydrogen (secondary N) is 1. The highest BCUT2D eigenvalue weighted by Gasteiger charge is 2.13. The van der Waals surface area contributed by atoms with E-state index in [4.69, 9.17) is 11.6 Å². The number of aliphatic hydroxyl groups is 1. The molecule has 1 heterocycles. The Kier molecular flexibility index (Phi) is 6.55. The highest BCUT2D eigenvalue weighted by Crippen LogP contribution is 2.21. The quantitative estimate of drug-likeness (QED) is 0.584. The number of thioether (sulfide) groups is 1. The van der Waals surface area contributed by atoms with Crippen LogP contribution in [-0.2, 0) is 17.9 Å². The number of nitrogens with zero attached hydrogens (tertiary/aromatic N) is 2. The number of aliphatic hydroxyl groups excluding tert-OH is 1. The zero-order chi connectivity index (χ0) is 19.2. The van der Waals surface area contributed by atoms with Gasteiger partial charge in [0, 0.05) is 17.3 Å². The minimum Gasteiger partial charge on any atom is -0.390 e. The van der Waals surface area contributed by atoms with Crippen LogP contribution in [0.15, 0.2) is 59.9 Å². The van der Waals surface area contributed by atoms with E-state index in [9.17, 15) is 9.90 Å². The maximum atomic E-state index is 12.2. The number of anilines is 1. The van der Waals surface area contributed by atoms with Crippen LogP contribution in [0.2, 0.25) is 5.02 Å². The summed E-state index contributed by atoms with van der Waals surface area (Å²) in [5.74, 6) is 0.0936. The number of imidazole rings is 1. The van der Waals surface area contributed by atoms with Crippen molar-refractivity contribution in [3.8, 4) is 0 Å². The van der Waals surface area contributed by atoms with E-state index in [-0.39, 0.29) is 18.3 Å². The van der Waals surface area contributed by atoms with E-state index in [0.717, 1.165) is 11.3 Å². The molecule has 0 bridgehead atoms. The van der Waals surface area contributed by atoms with Gasteiger partial charge in [-0.05, 0) is 36.8 Å². The molecule has 0 aliphatic heterocycles. The van der Waals surface area contributed by atoms with Crippen molar-refractivity contribution in [2.75, 3.05) is 11.1 Å². The molecule has 0 saturated heterocycles. The summed E-state index contributed by atoms with van der Waals surface area (Å²) in [6.07, 6.45) is 1.65. The van der Waals surface area contributed by atoms with Gasteiger partial charge in [0.15, 0.2) is 5.16 Å². The zero-order valence-corrected chi connectivity index (χ0v) is 16.4. The number of rotatable bonds is 7. The summed E-state index contributed by atoms with van der Waals surface area (Å²) in [5, 5.41) is 13.7. The van der Waals surface area contributed by atoms with Gasteiger partial charge < -0.3 is 15.0 Å². The fourth-order valence-corrected chi connectivity index (χ4v) is 3.46. The Balaban J connectivity index is 1.65. The molecule has 2 aromatic carbocycles. The minimum absolute atomic E-state index is 0.101. The predicted octanol–water partition coefficient (Wildman–Crippen LogP) is 4.12. The second kappa shape index (κ2) is 9.08. The van der Waals surface area contributed by atoms with Gasteiger partial charge in [0.1, 0.15) is 0 Å². The first-order valence-corrected chi connectivity index (χ1v) is 9.80. The Morgan fingerprint density at radius 1 is 1.19 bits per heavy atom. The van der Waals surface area contributed by atoms with Crippen LogP contribution in [0.3, 0.4) is 0 Å². The van der Waals surface area contributed by atoms with Crippen molar-refractivity contribution < 1.29 is 9.90 Å². The predicted molar refractivity (Wildman–Crippen MR) is 109 cm³/mol. The molecule has 0 unspecified atom stereocenters. The molecule has 0 aliphatic carbocycles. The standard InChI is InChI=1S/C20H20ClN3O2S/c1-14-2-4-15(5-3-14)11-24-18(12-25)10-22-20(24)27-13-19(26)23-17-8-6-16(21)7-9-17/h2-10,25H,11-13H2,1H3,(H,23,26). The maximum Gasteiger partial charge on any atom is 0.234 e. The second-order valence-corrected chi connectivity index (χ2v) is 7.48. The Morgan fingerprint density at radius 3 is 2.56 bits per heavy atom. The number of carbonyl (C=O) groups excluding carboxylic acids is 1. The second-order valence-electron chi connectivity index (χ2n) is 6.11. The summed E-state index contributed by atoms with van der Waals surface area (Å²) in [6.45, 7) is 2.54. The van der Waals surface area contributed by atoms with Crippen molar-refractivity contribution in [3.63, 3.8) is 0 Å². The van der Waals surface area contributed by atoms with Gasteiger partial charge in [-0.3, -0.25) is 4.79 Å². The first kappa shape index (κ1) is 19.5. The van der Waals surface area contributed by atoms with Crippen LogP contribution < -0.4 is 5.32 Å². The Morgan fingerprint density at radius 2 is 1.89 bits per heavy atom. The number of aromatic nitrogens is 2. The lowest BCUT2D eigenvalue weighted by Crippen LogP contribution is -2.15. The lowest BCUT2D eigenvalue weighted by Gasteiger charge is -2.11. The molecule has 0 radical (unpaired) electrons. The van der Waals surface area contributed by atoms with E-state index in [1.165, 1.54) is 17.3 Å². The molecule has 0 aliphatic rings. The first-order valence-electron chi connectivity index (χ1n) is 8.44. The fourth-order valence-electron chi connectivity index (χ4n) is 2.54. The van der Waals surface area contributed by atoms with E-state index in [1.54, 1.807) is 30.5 Å². The largest absolute Gasteiger partial charge is 0.390 e. The number of carbonyl (C=O) groups is 1. The van der Waals surface area contributed by atoms with Gasteiger partial charge in [-0.1, -0.05) is 53.2 Å². The average Bonchev–Trinajstić information content (AvgIpc) is 3.05. The highest BCUT2D eigenvalue weighted by molar-refractivity contribution is 7.99. The van der Waals surface area contributed by atoms with Gasteiger partial charge in [0.25, 0.3) is 0 Å². The summed E-state index contributed by atoms with van der Waals surface area (Å²) >= 11 is 7.19. The molecule has 140 valence electrons. The normalized spacial score (nSPS) is 10.8. The summed E-state index contributed by atoms with van der Waals surface area (Å²) in [4.78, 5) is 16.6. The fraction of sp³-hybridized carbons (Fsp3) is 0.200. The highest BCUT2D eigenvalue weighted by atomic mass is 35.5. The van der Waals surface area contributed by atoms with Gasteiger partial charge in [-0.2, -0.15) is 0 Å². The van der Waals surface area contributed by atoms with E-state index in [1.807, 2.05) is 11.5 Å². The van der Waals surface area contributed by atoms with Crippen molar-refractivity contribution >= 4 is 35.0 Å². The molecule has 0 saturated carbocycles. The average molecular weight is 402 g/mol. The Labute approximate surface area is 167 Å². The summed E-state index contributed by atoms with van der Waals surface area (Å²) < 4.78 is 1.94. The molecule has 5 nitrogen and oxygen atoms in total. The number of aryl methyl sites for hydroxylation is 1. The summed E-state index contributed by atoms with van der Waals surface area (Å²) in [7, 11) is 0. The van der Waals surface area contributed by atoms with Crippen LogP contribution in [0.4, 0.5) is 5.69 Å². The number of hydrogen-bond donors (Lipinski definition) is 2. The van der Waals surface area contributed by atoms with Crippen molar-refractivity contribution in [3.05, 3.63) is 76.6 Å². The van der Waals surface area contributed by atoms with E-state index >= 15 is 0 Å². The zero-order valence-electron chi connectivity index (χ0n) is 14.9. The molecule has 2 N–H and O–H groups in total. The van der Waals surface area contributed by atoms with Gasteiger partial charge >= 0.3 is 0 Å². The molecule has 3 aromatic rings. The number of amides is 1. The summed E-state index contributed by atoms with van der Waals surface area (Å²) in [6, 6.07) is 15.2. The molecule has 0 fully saturated rings. The molecular weight excluding hydrogens is 382 g/mol. The van der Waals surface area contributed by atoms with Crippen LogP contribution in [0.1, 0.15) is 16.8 Å². The smallest absolute Gasteiger partial charge is 0.234 e.